The van der Waals surface area contributed by atoms with E-state index in [1.807, 2.05) is 0 Å². The third-order valence-electron chi connectivity index (χ3n) is 9.41. The van der Waals surface area contributed by atoms with Gasteiger partial charge >= 0.3 is 0 Å². The van der Waals surface area contributed by atoms with E-state index >= 15 is 0 Å². The predicted octanol–water partition coefficient (Wildman–Crippen LogP) is 10.8. The first-order valence-electron chi connectivity index (χ1n) is 17.5. The second-order valence-corrected chi connectivity index (χ2v) is 17.6. The van der Waals surface area contributed by atoms with Crippen LogP contribution in [0, 0.1) is 11.8 Å². The Bertz CT molecular complexity index is 986. The van der Waals surface area contributed by atoms with Crippen molar-refractivity contribution >= 4 is 68.4 Å². The molecule has 0 radical (unpaired) electrons. The van der Waals surface area contributed by atoms with Crippen molar-refractivity contribution in [1.29, 1.82) is 0 Å². The molecule has 0 spiro atoms. The average molecular weight is 924 g/mol. The maximum absolute atomic E-state index is 6.48. The van der Waals surface area contributed by atoms with Crippen LogP contribution in [0.1, 0.15) is 97.3 Å². The number of rotatable bonds is 18. The lowest BCUT2D eigenvalue weighted by atomic mass is 9.99. The highest BCUT2D eigenvalue weighted by Gasteiger charge is 2.31. The van der Waals surface area contributed by atoms with Crippen LogP contribution in [0.25, 0.3) is 0 Å². The molecular formula is C37H58Cl2I2O6. The van der Waals surface area contributed by atoms with Crippen molar-refractivity contribution in [3.05, 3.63) is 44.6 Å². The number of halogens is 4. The van der Waals surface area contributed by atoms with Crippen LogP contribution in [0.5, 0.6) is 0 Å². The molecule has 0 amide bonds. The molecular weight excluding hydrogens is 865 g/mol. The Morgan fingerprint density at radius 3 is 1.43 bits per heavy atom. The quantitative estimate of drug-likeness (QED) is 0.0776. The molecule has 0 aliphatic carbocycles. The van der Waals surface area contributed by atoms with E-state index in [4.69, 9.17) is 51.6 Å². The third-order valence-corrected chi connectivity index (χ3v) is 12.3. The van der Waals surface area contributed by atoms with Crippen LogP contribution >= 0.6 is 68.4 Å². The van der Waals surface area contributed by atoms with Gasteiger partial charge < -0.3 is 28.4 Å². The average Bonchev–Trinajstić information content (AvgIpc) is 3.77. The molecule has 4 saturated heterocycles. The van der Waals surface area contributed by atoms with Crippen LogP contribution in [0.15, 0.2) is 44.6 Å². The highest BCUT2D eigenvalue weighted by Crippen LogP contribution is 2.34. The summed E-state index contributed by atoms with van der Waals surface area (Å²) in [5.74, 6) is 0.925. The van der Waals surface area contributed by atoms with E-state index in [9.17, 15) is 0 Å². The lowest BCUT2D eigenvalue weighted by molar-refractivity contribution is -0.184. The molecule has 4 fully saturated rings. The number of alkyl halides is 2. The van der Waals surface area contributed by atoms with E-state index < -0.39 is 0 Å². The summed E-state index contributed by atoms with van der Waals surface area (Å²) in [6.07, 6.45) is 13.1. The van der Waals surface area contributed by atoms with Crippen molar-refractivity contribution in [3.8, 4) is 0 Å². The number of ether oxygens (including phenoxy) is 6. The molecule has 8 atom stereocenters. The Kier molecular flexibility index (Phi) is 20.3. The normalized spacial score (nSPS) is 28.1. The van der Waals surface area contributed by atoms with Gasteiger partial charge in [0.15, 0.2) is 12.6 Å². The smallest absolute Gasteiger partial charge is 0.157 e. The van der Waals surface area contributed by atoms with Crippen LogP contribution in [-0.2, 0) is 28.4 Å². The Morgan fingerprint density at radius 2 is 1.04 bits per heavy atom. The van der Waals surface area contributed by atoms with Gasteiger partial charge in [-0.3, -0.25) is 0 Å². The summed E-state index contributed by atoms with van der Waals surface area (Å²) in [6.45, 7) is 23.8. The zero-order chi connectivity index (χ0) is 34.3. The van der Waals surface area contributed by atoms with Gasteiger partial charge in [0.05, 0.1) is 50.8 Å². The molecule has 270 valence electrons. The molecule has 0 aromatic rings. The first kappa shape index (κ1) is 42.2. The van der Waals surface area contributed by atoms with E-state index in [-0.39, 0.29) is 47.8 Å². The molecule has 0 saturated carbocycles. The van der Waals surface area contributed by atoms with Crippen LogP contribution in [0.3, 0.4) is 0 Å². The second-order valence-electron chi connectivity index (χ2n) is 13.6. The largest absolute Gasteiger partial charge is 0.370 e. The maximum atomic E-state index is 6.48. The Labute approximate surface area is 322 Å². The molecule has 0 unspecified atom stereocenters. The van der Waals surface area contributed by atoms with E-state index in [0.717, 1.165) is 96.7 Å². The summed E-state index contributed by atoms with van der Waals surface area (Å²) in [6, 6.07) is 0. The van der Waals surface area contributed by atoms with Crippen molar-refractivity contribution in [2.24, 2.45) is 11.8 Å². The molecule has 0 N–H and O–H groups in total. The fourth-order valence-electron chi connectivity index (χ4n) is 6.33. The molecule has 0 aromatic heterocycles. The van der Waals surface area contributed by atoms with Gasteiger partial charge in [0.2, 0.25) is 0 Å². The van der Waals surface area contributed by atoms with Crippen LogP contribution in [-0.4, -0.2) is 74.2 Å². The monoisotopic (exact) mass is 922 g/mol. The fourth-order valence-corrected chi connectivity index (χ4v) is 7.62. The minimum absolute atomic E-state index is 0.0407. The van der Waals surface area contributed by atoms with Crippen molar-refractivity contribution in [3.63, 3.8) is 0 Å². The number of hydrogen-bond acceptors (Lipinski definition) is 6. The second kappa shape index (κ2) is 22.6. The molecule has 4 aliphatic rings. The molecule has 6 nitrogen and oxygen atoms in total. The Morgan fingerprint density at radius 1 is 0.660 bits per heavy atom. The minimum Gasteiger partial charge on any atom is -0.370 e. The Hall–Kier alpha value is 0.760. The lowest BCUT2D eigenvalue weighted by Gasteiger charge is -2.24. The topological polar surface area (TPSA) is 55.4 Å². The lowest BCUT2D eigenvalue weighted by Crippen LogP contribution is -2.26. The van der Waals surface area contributed by atoms with E-state index in [2.05, 4.69) is 85.3 Å². The number of allylic oxidation sites excluding steroid dienone is 2. The third kappa shape index (κ3) is 16.3. The van der Waals surface area contributed by atoms with E-state index in [0.29, 0.717) is 25.0 Å². The molecule has 47 heavy (non-hydrogen) atoms. The fraction of sp³-hybridized carbons (Fsp3) is 0.784. The summed E-state index contributed by atoms with van der Waals surface area (Å²) in [5.41, 5.74) is 2.42. The van der Waals surface area contributed by atoms with Crippen LogP contribution in [0.2, 0.25) is 0 Å². The van der Waals surface area contributed by atoms with Gasteiger partial charge in [0, 0.05) is 23.6 Å². The highest BCUT2D eigenvalue weighted by atomic mass is 127. The summed E-state index contributed by atoms with van der Waals surface area (Å²) in [5, 5.41) is 0.346. The van der Waals surface area contributed by atoms with Gasteiger partial charge in [0.1, 0.15) is 0 Å². The molecule has 4 aliphatic heterocycles. The predicted molar refractivity (Wildman–Crippen MR) is 211 cm³/mol. The van der Waals surface area contributed by atoms with Gasteiger partial charge in [-0.1, -0.05) is 40.2 Å². The van der Waals surface area contributed by atoms with Crippen LogP contribution in [0.4, 0.5) is 0 Å². The van der Waals surface area contributed by atoms with E-state index in [1.165, 1.54) is 18.3 Å². The van der Waals surface area contributed by atoms with Crippen LogP contribution < -0.4 is 0 Å². The first-order valence-corrected chi connectivity index (χ1v) is 20.5. The maximum Gasteiger partial charge on any atom is 0.157 e. The number of hydrogen-bond donors (Lipinski definition) is 0. The summed E-state index contributed by atoms with van der Waals surface area (Å²) < 4.78 is 36.8. The molecule has 0 aromatic carbocycles. The Balaban J connectivity index is 0.000000256. The first-order chi connectivity index (χ1) is 22.4. The highest BCUT2D eigenvalue weighted by molar-refractivity contribution is 14.1. The van der Waals surface area contributed by atoms with Crippen molar-refractivity contribution in [2.75, 3.05) is 26.4 Å². The summed E-state index contributed by atoms with van der Waals surface area (Å²) in [4.78, 5) is 0. The van der Waals surface area contributed by atoms with Crippen molar-refractivity contribution in [2.45, 2.75) is 145 Å². The molecule has 4 heterocycles. The minimum atomic E-state index is -0.0512. The van der Waals surface area contributed by atoms with Gasteiger partial charge in [-0.25, -0.2) is 0 Å². The standard InChI is InChI=1S/C19H30ClIO3.C18H28ClIO3/c1-13(15(3)21)11-16(20)5-7-18-14(2)12-17(24-18)6-8-19-22-9-4-10-23-19;1-12(14(3)20)10-15(19)4-6-17-13(2)11-16(23-17)5-7-18-21-8-9-22-18/h13,16-19H,2-12H2,1H3;12,15-18H,2-11H2,1H3/t13-,16+,17+,18+;12-,15+,16+,17+/m11/s1. The van der Waals surface area contributed by atoms with Gasteiger partial charge in [-0.05, 0) is 146 Å². The zero-order valence-corrected chi connectivity index (χ0v) is 34.4. The molecule has 0 bridgehead atoms. The van der Waals surface area contributed by atoms with Gasteiger partial charge in [-0.2, -0.15) is 0 Å². The SMILES string of the molecule is C=C(I)[C@H](C)C[C@@H](Cl)CC[C@@H]1O[C@@H](CCC2OCCCO2)CC1=C.C=C(I)[C@H](C)C[C@@H](Cl)CC[C@@H]1O[C@@H](CCC2OCCO2)CC1=C. The molecule has 10 heteroatoms. The van der Waals surface area contributed by atoms with Gasteiger partial charge in [0.25, 0.3) is 0 Å². The summed E-state index contributed by atoms with van der Waals surface area (Å²) in [7, 11) is 0. The van der Waals surface area contributed by atoms with Crippen molar-refractivity contribution < 1.29 is 28.4 Å². The van der Waals surface area contributed by atoms with Crippen molar-refractivity contribution in [1.82, 2.24) is 0 Å². The molecule has 4 rings (SSSR count). The zero-order valence-electron chi connectivity index (χ0n) is 28.6. The van der Waals surface area contributed by atoms with Gasteiger partial charge in [-0.15, -0.1) is 23.2 Å². The van der Waals surface area contributed by atoms with E-state index in [1.54, 1.807) is 0 Å². The summed E-state index contributed by atoms with van der Waals surface area (Å²) >= 11 is 17.5.